The molecule has 8 nitrogen and oxygen atoms in total. The maximum absolute atomic E-state index is 12.5. The number of halogens is 1. The lowest BCUT2D eigenvalue weighted by Crippen LogP contribution is -2.47. The molecule has 1 atom stereocenters. The molecule has 1 heterocycles. The molecule has 3 aromatic rings. The summed E-state index contributed by atoms with van der Waals surface area (Å²) >= 11 is 6.20. The molecular formula is C22H21ClN2O6. The zero-order valence-electron chi connectivity index (χ0n) is 16.9. The minimum absolute atomic E-state index is 0.0183. The Morgan fingerprint density at radius 1 is 1.26 bits per heavy atom. The second-order valence-electron chi connectivity index (χ2n) is 6.99. The zero-order valence-corrected chi connectivity index (χ0v) is 17.7. The number of aliphatic carboxylic acids is 1. The maximum Gasteiger partial charge on any atom is 0.326 e. The third kappa shape index (κ3) is 4.80. The first-order valence-corrected chi connectivity index (χ1v) is 9.82. The lowest BCUT2D eigenvalue weighted by Gasteiger charge is -2.24. The number of benzene rings is 2. The number of aryl methyl sites for hydroxylation is 1. The van der Waals surface area contributed by atoms with Crippen LogP contribution in [-0.4, -0.2) is 41.2 Å². The first-order valence-electron chi connectivity index (χ1n) is 9.44. The van der Waals surface area contributed by atoms with Crippen LogP contribution in [0, 0.1) is 6.92 Å². The smallest absolute Gasteiger partial charge is 0.326 e. The van der Waals surface area contributed by atoms with Gasteiger partial charge in [0, 0.05) is 6.07 Å². The van der Waals surface area contributed by atoms with Gasteiger partial charge in [0.2, 0.25) is 0 Å². The van der Waals surface area contributed by atoms with E-state index in [0.29, 0.717) is 21.7 Å². The van der Waals surface area contributed by atoms with E-state index in [0.717, 1.165) is 10.5 Å². The van der Waals surface area contributed by atoms with E-state index in [4.69, 9.17) is 31.6 Å². The van der Waals surface area contributed by atoms with Crippen LogP contribution in [0.15, 0.2) is 51.7 Å². The molecule has 31 heavy (non-hydrogen) atoms. The normalized spacial score (nSPS) is 11.8. The van der Waals surface area contributed by atoms with Gasteiger partial charge in [-0.25, -0.2) is 9.59 Å². The third-order valence-corrected chi connectivity index (χ3v) is 5.10. The van der Waals surface area contributed by atoms with Gasteiger partial charge in [0.15, 0.2) is 11.0 Å². The van der Waals surface area contributed by atoms with Crippen molar-refractivity contribution >= 4 is 34.6 Å². The number of carbonyl (C=O) groups excluding carboxylic acids is 1. The van der Waals surface area contributed by atoms with Crippen molar-refractivity contribution < 1.29 is 23.8 Å². The zero-order chi connectivity index (χ0) is 22.7. The number of carbonyl (C=O) groups is 2. The van der Waals surface area contributed by atoms with Crippen molar-refractivity contribution in [3.63, 3.8) is 0 Å². The van der Waals surface area contributed by atoms with E-state index in [1.54, 1.807) is 30.3 Å². The Morgan fingerprint density at radius 3 is 2.68 bits per heavy atom. The molecule has 3 rings (SSSR count). The molecule has 0 aliphatic carbocycles. The highest BCUT2D eigenvalue weighted by Crippen LogP contribution is 2.33. The molecule has 0 spiro atoms. The highest BCUT2D eigenvalue weighted by Gasteiger charge is 2.23. The van der Waals surface area contributed by atoms with Gasteiger partial charge >= 0.3 is 12.0 Å². The molecule has 0 fully saturated rings. The third-order valence-electron chi connectivity index (χ3n) is 4.81. The molecular weight excluding hydrogens is 424 g/mol. The fourth-order valence-electron chi connectivity index (χ4n) is 3.11. The largest absolute Gasteiger partial charge is 0.491 e. The van der Waals surface area contributed by atoms with Crippen LogP contribution in [0.2, 0.25) is 5.02 Å². The number of hydrogen-bond donors (Lipinski definition) is 2. The maximum atomic E-state index is 12.5. The fourth-order valence-corrected chi connectivity index (χ4v) is 3.32. The fraction of sp³-hybridized carbons (Fsp3) is 0.227. The van der Waals surface area contributed by atoms with Crippen LogP contribution in [0.4, 0.5) is 4.79 Å². The van der Waals surface area contributed by atoms with Crippen molar-refractivity contribution in [1.29, 1.82) is 0 Å². The van der Waals surface area contributed by atoms with Crippen LogP contribution < -0.4 is 15.9 Å². The summed E-state index contributed by atoms with van der Waals surface area (Å²) in [6.07, 6.45) is 0. The van der Waals surface area contributed by atoms with E-state index >= 15 is 0 Å². The van der Waals surface area contributed by atoms with Crippen LogP contribution in [-0.2, 0) is 4.79 Å². The predicted octanol–water partition coefficient (Wildman–Crippen LogP) is 3.65. The number of urea groups is 1. The second kappa shape index (κ2) is 9.09. The van der Waals surface area contributed by atoms with Crippen molar-refractivity contribution in [2.24, 2.45) is 5.73 Å². The minimum atomic E-state index is -1.18. The Labute approximate surface area is 182 Å². The summed E-state index contributed by atoms with van der Waals surface area (Å²) in [4.78, 5) is 36.3. The molecule has 162 valence electrons. The molecule has 0 saturated heterocycles. The van der Waals surface area contributed by atoms with Gasteiger partial charge < -0.3 is 24.9 Å². The average molecular weight is 445 g/mol. The molecule has 2 amide bonds. The molecule has 0 radical (unpaired) electrons. The van der Waals surface area contributed by atoms with E-state index in [9.17, 15) is 14.4 Å². The van der Waals surface area contributed by atoms with Gasteiger partial charge in [-0.1, -0.05) is 23.7 Å². The molecule has 0 bridgehead atoms. The predicted molar refractivity (Wildman–Crippen MR) is 117 cm³/mol. The van der Waals surface area contributed by atoms with Crippen molar-refractivity contribution in [3.05, 3.63) is 63.3 Å². The summed E-state index contributed by atoms with van der Waals surface area (Å²) in [6.45, 7) is 3.17. The molecule has 9 heteroatoms. The summed E-state index contributed by atoms with van der Waals surface area (Å²) < 4.78 is 11.7. The van der Waals surface area contributed by atoms with Gasteiger partial charge in [0.05, 0.1) is 22.5 Å². The van der Waals surface area contributed by atoms with E-state index in [2.05, 4.69) is 0 Å². The lowest BCUT2D eigenvalue weighted by atomic mass is 10.1. The van der Waals surface area contributed by atoms with Crippen LogP contribution in [0.25, 0.3) is 22.3 Å². The Balaban J connectivity index is 1.92. The number of nitrogens with two attached hydrogens (primary N) is 1. The van der Waals surface area contributed by atoms with Crippen LogP contribution in [0.5, 0.6) is 5.75 Å². The van der Waals surface area contributed by atoms with Crippen molar-refractivity contribution in [2.45, 2.75) is 19.9 Å². The second-order valence-corrected chi connectivity index (χ2v) is 7.39. The van der Waals surface area contributed by atoms with Crippen molar-refractivity contribution in [2.75, 3.05) is 13.2 Å². The first-order chi connectivity index (χ1) is 14.7. The van der Waals surface area contributed by atoms with Crippen molar-refractivity contribution in [3.8, 4) is 17.1 Å². The number of hydrogen-bond acceptors (Lipinski definition) is 5. The molecule has 3 N–H and O–H groups in total. The number of para-hydroxylation sites is 1. The van der Waals surface area contributed by atoms with Gasteiger partial charge in [0.1, 0.15) is 24.2 Å². The number of nitrogens with zero attached hydrogens (tertiary/aromatic N) is 1. The van der Waals surface area contributed by atoms with E-state index in [1.165, 1.54) is 13.0 Å². The molecule has 0 saturated carbocycles. The topological polar surface area (TPSA) is 123 Å². The van der Waals surface area contributed by atoms with Gasteiger partial charge in [-0.3, -0.25) is 4.79 Å². The minimum Gasteiger partial charge on any atom is -0.491 e. The SMILES string of the molecule is Cc1ccc(-c2cc(=O)c3cccc(Cl)c3o2)c(OCCN(C(N)=O)[C@@H](C)C(=O)O)c1. The van der Waals surface area contributed by atoms with Gasteiger partial charge in [0.25, 0.3) is 0 Å². The Kier molecular flexibility index (Phi) is 6.50. The highest BCUT2D eigenvalue weighted by molar-refractivity contribution is 6.34. The standard InChI is InChI=1S/C22H21ClN2O6/c1-12-6-7-15(19-11-17(26)14-4-3-5-16(23)20(14)31-19)18(10-12)30-9-8-25(22(24)29)13(2)21(27)28/h3-7,10-11,13H,8-9H2,1-2H3,(H2,24,29)(H,27,28)/t13-/m0/s1. The number of carboxylic acids is 1. The number of primary amides is 1. The monoisotopic (exact) mass is 444 g/mol. The van der Waals surface area contributed by atoms with Crippen LogP contribution in [0.3, 0.4) is 0 Å². The number of rotatable bonds is 7. The Hall–Kier alpha value is -3.52. The van der Waals surface area contributed by atoms with Gasteiger partial charge in [-0.2, -0.15) is 0 Å². The summed E-state index contributed by atoms with van der Waals surface area (Å²) in [5.41, 5.74) is 6.72. The van der Waals surface area contributed by atoms with Gasteiger partial charge in [-0.05, 0) is 43.7 Å². The number of ether oxygens (including phenoxy) is 1. The molecule has 0 aliphatic heterocycles. The summed E-state index contributed by atoms with van der Waals surface area (Å²) in [5, 5.41) is 9.82. The van der Waals surface area contributed by atoms with E-state index < -0.39 is 18.0 Å². The summed E-state index contributed by atoms with van der Waals surface area (Å²) in [5.74, 6) is -0.502. The van der Waals surface area contributed by atoms with Crippen molar-refractivity contribution in [1.82, 2.24) is 4.90 Å². The van der Waals surface area contributed by atoms with Crippen LogP contribution in [0.1, 0.15) is 12.5 Å². The highest BCUT2D eigenvalue weighted by atomic mass is 35.5. The molecule has 0 aliphatic rings. The molecule has 0 unspecified atom stereocenters. The lowest BCUT2D eigenvalue weighted by molar-refractivity contribution is -0.141. The quantitative estimate of drug-likeness (QED) is 0.573. The molecule has 2 aromatic carbocycles. The summed E-state index contributed by atoms with van der Waals surface area (Å²) in [6, 6.07) is 9.66. The Morgan fingerprint density at radius 2 is 2.00 bits per heavy atom. The van der Waals surface area contributed by atoms with E-state index in [1.807, 2.05) is 13.0 Å². The summed E-state index contributed by atoms with van der Waals surface area (Å²) in [7, 11) is 0. The van der Waals surface area contributed by atoms with E-state index in [-0.39, 0.29) is 29.9 Å². The Bertz CT molecular complexity index is 1210. The molecule has 1 aromatic heterocycles. The average Bonchev–Trinajstić information content (AvgIpc) is 2.71. The number of fused-ring (bicyclic) bond motifs is 1. The van der Waals surface area contributed by atoms with Gasteiger partial charge in [-0.15, -0.1) is 0 Å². The van der Waals surface area contributed by atoms with Crippen LogP contribution >= 0.6 is 11.6 Å². The number of amides is 2. The first kappa shape index (κ1) is 22.2. The number of carboxylic acid groups (broad SMARTS) is 1.